The van der Waals surface area contributed by atoms with Crippen molar-refractivity contribution in [3.8, 4) is 5.69 Å². The molecule has 26 heavy (non-hydrogen) atoms. The van der Waals surface area contributed by atoms with Crippen molar-refractivity contribution in [2.75, 3.05) is 6.61 Å². The average Bonchev–Trinajstić information content (AvgIpc) is 3.07. The number of carbonyl (C=O) groups is 1. The van der Waals surface area contributed by atoms with E-state index in [0.29, 0.717) is 5.52 Å². The average molecular weight is 349 g/mol. The van der Waals surface area contributed by atoms with Gasteiger partial charge in [0.2, 0.25) is 0 Å². The number of hydrogen-bond donors (Lipinski definition) is 0. The van der Waals surface area contributed by atoms with Crippen molar-refractivity contribution >= 4 is 22.6 Å². The minimum Gasteiger partial charge on any atom is -0.462 e. The minimum absolute atomic E-state index is 0.167. The molecule has 1 aromatic carbocycles. The third kappa shape index (κ3) is 2.43. The van der Waals surface area contributed by atoms with E-state index in [1.54, 1.807) is 19.2 Å². The van der Waals surface area contributed by atoms with E-state index in [1.807, 2.05) is 31.2 Å². The molecule has 4 rings (SSSR count). The van der Waals surface area contributed by atoms with Crippen LogP contribution in [0.5, 0.6) is 0 Å². The van der Waals surface area contributed by atoms with E-state index in [4.69, 9.17) is 4.74 Å². The van der Waals surface area contributed by atoms with E-state index in [2.05, 4.69) is 15.3 Å². The predicted molar refractivity (Wildman–Crippen MR) is 94.6 cm³/mol. The quantitative estimate of drug-likeness (QED) is 0.525. The van der Waals surface area contributed by atoms with Gasteiger partial charge in [0, 0.05) is 11.9 Å². The highest BCUT2D eigenvalue weighted by Crippen LogP contribution is 2.15. The van der Waals surface area contributed by atoms with Gasteiger partial charge in [0.1, 0.15) is 11.1 Å². The molecule has 130 valence electrons. The van der Waals surface area contributed by atoms with Crippen LogP contribution in [0.1, 0.15) is 22.8 Å². The van der Waals surface area contributed by atoms with Crippen molar-refractivity contribution < 1.29 is 9.53 Å². The van der Waals surface area contributed by atoms with Gasteiger partial charge in [-0.25, -0.2) is 9.31 Å². The van der Waals surface area contributed by atoms with Crippen molar-refractivity contribution in [3.05, 3.63) is 64.2 Å². The molecule has 0 saturated heterocycles. The largest absolute Gasteiger partial charge is 0.462 e. The van der Waals surface area contributed by atoms with Crippen LogP contribution in [0.15, 0.2) is 47.5 Å². The second-order valence-electron chi connectivity index (χ2n) is 5.78. The maximum absolute atomic E-state index is 12.9. The van der Waals surface area contributed by atoms with Crippen LogP contribution in [0.3, 0.4) is 0 Å². The molecule has 0 radical (unpaired) electrons. The standard InChI is InChI=1S/C18H15N5O3/c1-3-26-18(25)13-10-19-23-14-7-8-22(12-6-4-5-11(2)9-12)17(24)15(14)20-21-16(13)23/h4-10H,3H2,1-2H3. The molecule has 8 nitrogen and oxygen atoms in total. The van der Waals surface area contributed by atoms with Crippen LogP contribution in [0.2, 0.25) is 0 Å². The highest BCUT2D eigenvalue weighted by Gasteiger charge is 2.18. The van der Waals surface area contributed by atoms with Gasteiger partial charge in [-0.1, -0.05) is 12.1 Å². The first kappa shape index (κ1) is 15.9. The Morgan fingerprint density at radius 1 is 1.23 bits per heavy atom. The Kier molecular flexibility index (Phi) is 3.72. The first-order valence-electron chi connectivity index (χ1n) is 8.10. The van der Waals surface area contributed by atoms with E-state index < -0.39 is 5.97 Å². The fourth-order valence-corrected chi connectivity index (χ4v) is 2.83. The summed E-state index contributed by atoms with van der Waals surface area (Å²) in [5, 5.41) is 12.2. The Morgan fingerprint density at radius 3 is 2.85 bits per heavy atom. The molecule has 3 aromatic heterocycles. The normalized spacial score (nSPS) is 11.2. The van der Waals surface area contributed by atoms with E-state index in [-0.39, 0.29) is 28.9 Å². The van der Waals surface area contributed by atoms with Gasteiger partial charge in [0.15, 0.2) is 11.2 Å². The molecule has 0 fully saturated rings. The van der Waals surface area contributed by atoms with Crippen molar-refractivity contribution in [2.45, 2.75) is 13.8 Å². The molecular formula is C18H15N5O3. The molecule has 0 unspecified atom stereocenters. The number of nitrogens with zero attached hydrogens (tertiary/aromatic N) is 5. The Morgan fingerprint density at radius 2 is 2.08 bits per heavy atom. The minimum atomic E-state index is -0.524. The van der Waals surface area contributed by atoms with Crippen LogP contribution in [0, 0.1) is 6.92 Å². The summed E-state index contributed by atoms with van der Waals surface area (Å²) in [6, 6.07) is 9.32. The molecule has 8 heteroatoms. The number of pyridine rings is 1. The highest BCUT2D eigenvalue weighted by molar-refractivity contribution is 5.96. The first-order valence-corrected chi connectivity index (χ1v) is 8.10. The summed E-state index contributed by atoms with van der Waals surface area (Å²) in [5.74, 6) is -0.524. The molecule has 0 aliphatic heterocycles. The number of ether oxygens (including phenoxy) is 1. The maximum atomic E-state index is 12.9. The van der Waals surface area contributed by atoms with E-state index in [0.717, 1.165) is 11.3 Å². The number of aryl methyl sites for hydroxylation is 1. The van der Waals surface area contributed by atoms with Gasteiger partial charge in [0.25, 0.3) is 5.56 Å². The molecule has 4 aromatic rings. The second kappa shape index (κ2) is 6.07. The van der Waals surface area contributed by atoms with Gasteiger partial charge in [-0.3, -0.25) is 9.36 Å². The Hall–Kier alpha value is -3.55. The monoisotopic (exact) mass is 349 g/mol. The second-order valence-corrected chi connectivity index (χ2v) is 5.78. The molecule has 0 N–H and O–H groups in total. The van der Waals surface area contributed by atoms with Gasteiger partial charge >= 0.3 is 5.97 Å². The van der Waals surface area contributed by atoms with Crippen molar-refractivity contribution in [1.29, 1.82) is 0 Å². The van der Waals surface area contributed by atoms with Gasteiger partial charge in [-0.15, -0.1) is 10.2 Å². The van der Waals surface area contributed by atoms with Crippen molar-refractivity contribution in [2.24, 2.45) is 0 Å². The molecule has 0 amide bonds. The molecule has 3 heterocycles. The molecule has 0 aliphatic carbocycles. The molecular weight excluding hydrogens is 334 g/mol. The third-order valence-electron chi connectivity index (χ3n) is 4.04. The summed E-state index contributed by atoms with van der Waals surface area (Å²) >= 11 is 0. The summed E-state index contributed by atoms with van der Waals surface area (Å²) in [7, 11) is 0. The van der Waals surface area contributed by atoms with Gasteiger partial charge < -0.3 is 4.74 Å². The van der Waals surface area contributed by atoms with Gasteiger partial charge in [-0.2, -0.15) is 5.10 Å². The summed E-state index contributed by atoms with van der Waals surface area (Å²) in [4.78, 5) is 24.8. The molecule has 0 atom stereocenters. The zero-order valence-corrected chi connectivity index (χ0v) is 14.2. The fraction of sp³-hybridized carbons (Fsp3) is 0.167. The zero-order valence-electron chi connectivity index (χ0n) is 14.2. The summed E-state index contributed by atoms with van der Waals surface area (Å²) < 4.78 is 7.93. The fourth-order valence-electron chi connectivity index (χ4n) is 2.83. The number of esters is 1. The predicted octanol–water partition coefficient (Wildman–Crippen LogP) is 1.91. The topological polar surface area (TPSA) is 91.4 Å². The van der Waals surface area contributed by atoms with Gasteiger partial charge in [0.05, 0.1) is 12.8 Å². The molecule has 0 saturated carbocycles. The van der Waals surface area contributed by atoms with Crippen molar-refractivity contribution in [3.63, 3.8) is 0 Å². The van der Waals surface area contributed by atoms with Crippen molar-refractivity contribution in [1.82, 2.24) is 24.4 Å². The highest BCUT2D eigenvalue weighted by atomic mass is 16.5. The van der Waals surface area contributed by atoms with Crippen LogP contribution in [-0.4, -0.2) is 37.0 Å². The van der Waals surface area contributed by atoms with Gasteiger partial charge in [-0.05, 0) is 37.6 Å². The lowest BCUT2D eigenvalue weighted by Gasteiger charge is -2.08. The van der Waals surface area contributed by atoms with Crippen LogP contribution < -0.4 is 5.56 Å². The van der Waals surface area contributed by atoms with Crippen LogP contribution in [0.25, 0.3) is 22.4 Å². The first-order chi connectivity index (χ1) is 12.6. The summed E-state index contributed by atoms with van der Waals surface area (Å²) in [5.41, 5.74) is 2.58. The Labute approximate surface area is 147 Å². The smallest absolute Gasteiger partial charge is 0.343 e. The number of hydrogen-bond acceptors (Lipinski definition) is 6. The number of benzene rings is 1. The Balaban J connectivity index is 1.93. The zero-order chi connectivity index (χ0) is 18.3. The number of rotatable bonds is 3. The summed E-state index contributed by atoms with van der Waals surface area (Å²) in [6.07, 6.45) is 3.03. The van der Waals surface area contributed by atoms with E-state index in [1.165, 1.54) is 15.3 Å². The lowest BCUT2D eigenvalue weighted by Crippen LogP contribution is -2.20. The van der Waals surface area contributed by atoms with Crippen LogP contribution >= 0.6 is 0 Å². The van der Waals surface area contributed by atoms with E-state index in [9.17, 15) is 9.59 Å². The van der Waals surface area contributed by atoms with Crippen LogP contribution in [0.4, 0.5) is 0 Å². The Bertz CT molecular complexity index is 1210. The number of carbonyl (C=O) groups excluding carboxylic acids is 1. The summed E-state index contributed by atoms with van der Waals surface area (Å²) in [6.45, 7) is 3.93. The third-order valence-corrected chi connectivity index (χ3v) is 4.04. The number of fused-ring (bicyclic) bond motifs is 3. The lowest BCUT2D eigenvalue weighted by atomic mass is 10.2. The molecule has 0 spiro atoms. The lowest BCUT2D eigenvalue weighted by molar-refractivity contribution is 0.0528. The SMILES string of the molecule is CCOC(=O)c1cnn2c1nnc1c(=O)n(-c3cccc(C)c3)ccc12. The molecule has 0 bridgehead atoms. The van der Waals surface area contributed by atoms with E-state index >= 15 is 0 Å². The maximum Gasteiger partial charge on any atom is 0.343 e. The van der Waals surface area contributed by atoms with Crippen LogP contribution in [-0.2, 0) is 4.74 Å². The molecule has 0 aliphatic rings. The number of aromatic nitrogens is 5.